The molecule has 0 aliphatic heterocycles. The van der Waals surface area contributed by atoms with Crippen molar-refractivity contribution < 1.29 is 36.7 Å². The van der Waals surface area contributed by atoms with E-state index in [4.69, 9.17) is 28.0 Å². The Hall–Kier alpha value is -1.38. The third kappa shape index (κ3) is 14.2. The van der Waals surface area contributed by atoms with Gasteiger partial charge in [0.25, 0.3) is 0 Å². The van der Waals surface area contributed by atoms with Crippen molar-refractivity contribution in [1.29, 1.82) is 0 Å². The SMILES string of the molecule is O=S([O-])OO.O=S([O-])OO.c1ccn(CCCCn2cccc2)c1. The number of unbranched alkanes of at least 4 members (excludes halogenated alkanes) is 1. The molecule has 12 heteroatoms. The van der Waals surface area contributed by atoms with Crippen molar-refractivity contribution >= 4 is 22.7 Å². The smallest absolute Gasteiger partial charge is 0.120 e. The number of nitrogens with zero attached hydrogens (tertiary/aromatic N) is 2. The van der Waals surface area contributed by atoms with E-state index in [1.807, 2.05) is 0 Å². The van der Waals surface area contributed by atoms with E-state index in [1.54, 1.807) is 0 Å². The maximum absolute atomic E-state index is 8.90. The lowest BCUT2D eigenvalue weighted by atomic mass is 10.3. The first-order chi connectivity index (χ1) is 11.5. The van der Waals surface area contributed by atoms with E-state index in [9.17, 15) is 0 Å². The molecule has 138 valence electrons. The molecular weight excluding hydrogens is 364 g/mol. The minimum absolute atomic E-state index is 1.13. The van der Waals surface area contributed by atoms with E-state index in [1.165, 1.54) is 12.8 Å². The summed E-state index contributed by atoms with van der Waals surface area (Å²) >= 11 is -5.53. The van der Waals surface area contributed by atoms with Gasteiger partial charge in [-0.1, -0.05) is 0 Å². The van der Waals surface area contributed by atoms with E-state index in [0.717, 1.165) is 13.1 Å². The highest BCUT2D eigenvalue weighted by molar-refractivity contribution is 7.74. The van der Waals surface area contributed by atoms with Crippen LogP contribution in [0.4, 0.5) is 0 Å². The van der Waals surface area contributed by atoms with Crippen LogP contribution in [0.2, 0.25) is 0 Å². The Morgan fingerprint density at radius 2 is 1.00 bits per heavy atom. The van der Waals surface area contributed by atoms with Crippen LogP contribution in [-0.2, 0) is 44.5 Å². The molecule has 2 aromatic rings. The second-order valence-corrected chi connectivity index (χ2v) is 5.22. The largest absolute Gasteiger partial charge is 0.748 e. The van der Waals surface area contributed by atoms with Gasteiger partial charge in [-0.05, 0) is 37.1 Å². The molecule has 2 heterocycles. The van der Waals surface area contributed by atoms with Gasteiger partial charge in [0.1, 0.15) is 22.7 Å². The van der Waals surface area contributed by atoms with Crippen LogP contribution in [0.3, 0.4) is 0 Å². The van der Waals surface area contributed by atoms with Crippen LogP contribution in [0.1, 0.15) is 12.8 Å². The van der Waals surface area contributed by atoms with Gasteiger partial charge in [-0.25, -0.2) is 18.9 Å². The third-order valence-corrected chi connectivity index (χ3v) is 2.78. The molecule has 0 aliphatic rings. The highest BCUT2D eigenvalue weighted by atomic mass is 32.2. The lowest BCUT2D eigenvalue weighted by Gasteiger charge is -2.04. The lowest BCUT2D eigenvalue weighted by Crippen LogP contribution is -1.98. The van der Waals surface area contributed by atoms with Crippen LogP contribution in [0.5, 0.6) is 0 Å². The van der Waals surface area contributed by atoms with Crippen LogP contribution in [0.25, 0.3) is 0 Å². The highest BCUT2D eigenvalue weighted by Gasteiger charge is 1.91. The standard InChI is InChI=1S/C12H16N2.2H2O4S/c1-2-8-13(7-1)11-5-6-12-14-9-3-4-10-14;2*1-4-5(2)3/h1-4,7-10H,5-6,11-12H2;2*1H,(H,2,3)/p-2. The third-order valence-electron chi connectivity index (χ3n) is 2.54. The summed E-state index contributed by atoms with van der Waals surface area (Å²) in [6.45, 7) is 2.27. The summed E-state index contributed by atoms with van der Waals surface area (Å²) in [6.07, 6.45) is 11.0. The number of hydrogen-bond acceptors (Lipinski definition) is 8. The Balaban J connectivity index is 0.000000442. The van der Waals surface area contributed by atoms with E-state index < -0.39 is 22.7 Å². The van der Waals surface area contributed by atoms with Crippen molar-refractivity contribution in [3.05, 3.63) is 49.1 Å². The molecule has 0 amide bonds. The summed E-state index contributed by atoms with van der Waals surface area (Å²) in [4.78, 5) is 0. The minimum Gasteiger partial charge on any atom is -0.748 e. The molecule has 0 bridgehead atoms. The van der Waals surface area contributed by atoms with Crippen molar-refractivity contribution in [2.75, 3.05) is 0 Å². The Morgan fingerprint density at radius 1 is 0.750 bits per heavy atom. The zero-order valence-corrected chi connectivity index (χ0v) is 14.1. The first-order valence-electron chi connectivity index (χ1n) is 6.53. The molecule has 2 rings (SSSR count). The van der Waals surface area contributed by atoms with Gasteiger partial charge in [0, 0.05) is 37.9 Å². The van der Waals surface area contributed by atoms with Crippen molar-refractivity contribution in [3.8, 4) is 0 Å². The molecule has 24 heavy (non-hydrogen) atoms. The maximum Gasteiger partial charge on any atom is 0.120 e. The number of rotatable bonds is 7. The molecule has 0 fully saturated rings. The van der Waals surface area contributed by atoms with Gasteiger partial charge in [-0.15, -0.1) is 8.67 Å². The molecule has 2 atom stereocenters. The summed E-state index contributed by atoms with van der Waals surface area (Å²) in [5, 5.41) is 14.1. The average Bonchev–Trinajstić information content (AvgIpc) is 3.26. The number of aromatic nitrogens is 2. The summed E-state index contributed by atoms with van der Waals surface area (Å²) in [6, 6.07) is 8.30. The van der Waals surface area contributed by atoms with Crippen molar-refractivity contribution in [1.82, 2.24) is 9.13 Å². The molecule has 0 radical (unpaired) electrons. The second kappa shape index (κ2) is 15.2. The molecular formula is C12H18N2O8S2-2. The van der Waals surface area contributed by atoms with E-state index in [2.05, 4.69) is 66.9 Å². The minimum atomic E-state index is -2.77. The lowest BCUT2D eigenvalue weighted by molar-refractivity contribution is -0.132. The quantitative estimate of drug-likeness (QED) is 0.315. The molecule has 2 aromatic heterocycles. The van der Waals surface area contributed by atoms with Crippen molar-refractivity contribution in [2.45, 2.75) is 25.9 Å². The van der Waals surface area contributed by atoms with Gasteiger partial charge in [0.15, 0.2) is 0 Å². The van der Waals surface area contributed by atoms with Gasteiger partial charge in [-0.2, -0.15) is 0 Å². The van der Waals surface area contributed by atoms with Gasteiger partial charge in [-0.3, -0.25) is 0 Å². The average molecular weight is 382 g/mol. The van der Waals surface area contributed by atoms with Gasteiger partial charge in [0.05, 0.1) is 0 Å². The fraction of sp³-hybridized carbons (Fsp3) is 0.333. The van der Waals surface area contributed by atoms with Crippen LogP contribution in [0, 0.1) is 0 Å². The zero-order valence-electron chi connectivity index (χ0n) is 12.5. The molecule has 0 aromatic carbocycles. The van der Waals surface area contributed by atoms with Gasteiger partial charge >= 0.3 is 0 Å². The highest BCUT2D eigenvalue weighted by Crippen LogP contribution is 2.00. The summed E-state index contributed by atoms with van der Waals surface area (Å²) in [5.41, 5.74) is 0. The molecule has 0 saturated heterocycles. The van der Waals surface area contributed by atoms with Crippen molar-refractivity contribution in [3.63, 3.8) is 0 Å². The summed E-state index contributed by atoms with van der Waals surface area (Å²) < 4.78 is 45.4. The predicted octanol–water partition coefficient (Wildman–Crippen LogP) is 1.31. The van der Waals surface area contributed by atoms with Gasteiger partial charge < -0.3 is 18.2 Å². The predicted molar refractivity (Wildman–Crippen MR) is 83.4 cm³/mol. The van der Waals surface area contributed by atoms with Crippen LogP contribution in [0.15, 0.2) is 49.1 Å². The Kier molecular flexibility index (Phi) is 14.3. The second-order valence-electron chi connectivity index (χ2n) is 4.11. The topological polar surface area (TPSA) is 149 Å². The molecule has 2 N–H and O–H groups in total. The summed E-state index contributed by atoms with van der Waals surface area (Å²) in [5.74, 6) is 0. The molecule has 10 nitrogen and oxygen atoms in total. The van der Waals surface area contributed by atoms with E-state index in [0.29, 0.717) is 0 Å². The first kappa shape index (κ1) is 22.6. The van der Waals surface area contributed by atoms with Gasteiger partial charge in [0.2, 0.25) is 0 Å². The van der Waals surface area contributed by atoms with Crippen LogP contribution in [-0.4, -0.2) is 37.2 Å². The van der Waals surface area contributed by atoms with E-state index in [-0.39, 0.29) is 0 Å². The fourth-order valence-corrected chi connectivity index (χ4v) is 1.63. The molecule has 0 saturated carbocycles. The molecule has 2 unspecified atom stereocenters. The molecule has 0 spiro atoms. The Labute approximate surface area is 144 Å². The summed E-state index contributed by atoms with van der Waals surface area (Å²) in [7, 11) is 0. The molecule has 0 aliphatic carbocycles. The first-order valence-corrected chi connectivity index (χ1v) is 8.53. The van der Waals surface area contributed by atoms with Crippen LogP contribution >= 0.6 is 0 Å². The maximum atomic E-state index is 8.90. The normalized spacial score (nSPS) is 12.3. The van der Waals surface area contributed by atoms with Crippen molar-refractivity contribution in [2.24, 2.45) is 0 Å². The Morgan fingerprint density at radius 3 is 1.21 bits per heavy atom. The van der Waals surface area contributed by atoms with E-state index >= 15 is 0 Å². The monoisotopic (exact) mass is 382 g/mol. The number of aryl methyl sites for hydroxylation is 2. The zero-order chi connectivity index (χ0) is 18.2. The fourth-order valence-electron chi connectivity index (χ4n) is 1.63. The Bertz CT molecular complexity index is 497. The van der Waals surface area contributed by atoms with Crippen LogP contribution < -0.4 is 0 Å². The number of hydrogen-bond donors (Lipinski definition) is 2.